The summed E-state index contributed by atoms with van der Waals surface area (Å²) >= 11 is 1.61. The predicted molar refractivity (Wildman–Crippen MR) is 78.1 cm³/mol. The van der Waals surface area contributed by atoms with Crippen molar-refractivity contribution in [3.63, 3.8) is 0 Å². The number of rotatable bonds is 4. The van der Waals surface area contributed by atoms with E-state index in [1.165, 1.54) is 19.3 Å². The zero-order valence-corrected chi connectivity index (χ0v) is 12.8. The summed E-state index contributed by atoms with van der Waals surface area (Å²) in [6.45, 7) is 7.42. The van der Waals surface area contributed by atoms with E-state index in [0.29, 0.717) is 18.3 Å². The number of nitrogens with zero attached hydrogens (tertiary/aromatic N) is 2. The van der Waals surface area contributed by atoms with E-state index < -0.39 is 0 Å². The first-order valence-corrected chi connectivity index (χ1v) is 7.90. The van der Waals surface area contributed by atoms with Crippen LogP contribution in [0, 0.1) is 6.92 Å². The SMILES string of the molecule is CCOC(=O)c1nc(N2CCCCC2CC)sc1C. The molecule has 1 aliphatic rings. The number of aromatic nitrogens is 1. The van der Waals surface area contributed by atoms with Crippen LogP contribution in [0.5, 0.6) is 0 Å². The maximum absolute atomic E-state index is 11.8. The van der Waals surface area contributed by atoms with Crippen LogP contribution in [0.15, 0.2) is 0 Å². The van der Waals surface area contributed by atoms with Crippen molar-refractivity contribution in [1.82, 2.24) is 4.98 Å². The number of esters is 1. The van der Waals surface area contributed by atoms with E-state index in [0.717, 1.165) is 23.0 Å². The maximum Gasteiger partial charge on any atom is 0.358 e. The van der Waals surface area contributed by atoms with Crippen molar-refractivity contribution in [2.75, 3.05) is 18.1 Å². The molecule has 1 fully saturated rings. The molecule has 0 aliphatic carbocycles. The van der Waals surface area contributed by atoms with Gasteiger partial charge in [0.15, 0.2) is 10.8 Å². The van der Waals surface area contributed by atoms with Gasteiger partial charge >= 0.3 is 5.97 Å². The molecule has 1 saturated heterocycles. The van der Waals surface area contributed by atoms with Gasteiger partial charge in [0.1, 0.15) is 0 Å². The molecule has 5 heteroatoms. The third-order valence-electron chi connectivity index (χ3n) is 3.60. The van der Waals surface area contributed by atoms with Gasteiger partial charge in [-0.15, -0.1) is 11.3 Å². The zero-order chi connectivity index (χ0) is 13.8. The van der Waals surface area contributed by atoms with Crippen molar-refractivity contribution < 1.29 is 9.53 Å². The number of aryl methyl sites for hydroxylation is 1. The van der Waals surface area contributed by atoms with E-state index in [1.807, 2.05) is 13.8 Å². The highest BCUT2D eigenvalue weighted by Gasteiger charge is 2.26. The van der Waals surface area contributed by atoms with E-state index in [4.69, 9.17) is 4.74 Å². The summed E-state index contributed by atoms with van der Waals surface area (Å²) in [5.41, 5.74) is 0.488. The molecule has 0 N–H and O–H groups in total. The second kappa shape index (κ2) is 6.37. The molecule has 2 heterocycles. The number of thiazole rings is 1. The molecule has 1 atom stereocenters. The van der Waals surface area contributed by atoms with Gasteiger partial charge in [-0.2, -0.15) is 0 Å². The van der Waals surface area contributed by atoms with Gasteiger partial charge in [0, 0.05) is 17.5 Å². The lowest BCUT2D eigenvalue weighted by atomic mass is 10.0. The van der Waals surface area contributed by atoms with E-state index in [2.05, 4.69) is 16.8 Å². The minimum Gasteiger partial charge on any atom is -0.461 e. The van der Waals surface area contributed by atoms with Gasteiger partial charge in [0.05, 0.1) is 6.61 Å². The average Bonchev–Trinajstić information content (AvgIpc) is 2.81. The Kier molecular flexibility index (Phi) is 4.80. The van der Waals surface area contributed by atoms with Crippen LogP contribution in [0.4, 0.5) is 5.13 Å². The van der Waals surface area contributed by atoms with Gasteiger partial charge in [-0.1, -0.05) is 6.92 Å². The van der Waals surface area contributed by atoms with E-state index in [1.54, 1.807) is 11.3 Å². The summed E-state index contributed by atoms with van der Waals surface area (Å²) in [7, 11) is 0. The topological polar surface area (TPSA) is 42.4 Å². The standard InChI is InChI=1S/C14H22N2O2S/c1-4-11-8-6-7-9-16(11)14-15-12(10(3)19-14)13(17)18-5-2/h11H,4-9H2,1-3H3. The quantitative estimate of drug-likeness (QED) is 0.794. The van der Waals surface area contributed by atoms with E-state index in [-0.39, 0.29) is 5.97 Å². The molecule has 1 aromatic heterocycles. The monoisotopic (exact) mass is 282 g/mol. The lowest BCUT2D eigenvalue weighted by molar-refractivity contribution is 0.0519. The summed E-state index contributed by atoms with van der Waals surface area (Å²) in [6, 6.07) is 0.564. The molecule has 1 aromatic rings. The Labute approximate surface area is 118 Å². The van der Waals surface area contributed by atoms with Crippen LogP contribution in [-0.2, 0) is 4.74 Å². The zero-order valence-electron chi connectivity index (χ0n) is 11.9. The number of carbonyl (C=O) groups excluding carboxylic acids is 1. The molecule has 0 amide bonds. The van der Waals surface area contributed by atoms with Crippen LogP contribution in [0.1, 0.15) is 54.9 Å². The molecule has 0 aromatic carbocycles. The van der Waals surface area contributed by atoms with Crippen LogP contribution in [0.25, 0.3) is 0 Å². The highest BCUT2D eigenvalue weighted by molar-refractivity contribution is 7.15. The lowest BCUT2D eigenvalue weighted by Crippen LogP contribution is -2.39. The number of hydrogen-bond donors (Lipinski definition) is 0. The fourth-order valence-electron chi connectivity index (χ4n) is 2.57. The van der Waals surface area contributed by atoms with Crippen LogP contribution in [0.3, 0.4) is 0 Å². The molecular formula is C14H22N2O2S. The maximum atomic E-state index is 11.8. The second-order valence-corrected chi connectivity index (χ2v) is 6.05. The Hall–Kier alpha value is -1.10. The molecule has 106 valence electrons. The second-order valence-electron chi connectivity index (χ2n) is 4.87. The summed E-state index contributed by atoms with van der Waals surface area (Å²) in [4.78, 5) is 19.7. The normalized spacial score (nSPS) is 19.5. The van der Waals surface area contributed by atoms with Crippen LogP contribution in [-0.4, -0.2) is 30.1 Å². The highest BCUT2D eigenvalue weighted by Crippen LogP contribution is 2.32. The summed E-state index contributed by atoms with van der Waals surface area (Å²) in [5, 5.41) is 0.979. The Bertz CT molecular complexity index is 445. The van der Waals surface area contributed by atoms with Crippen molar-refractivity contribution in [3.05, 3.63) is 10.6 Å². The van der Waals surface area contributed by atoms with Crippen LogP contribution in [0.2, 0.25) is 0 Å². The molecule has 19 heavy (non-hydrogen) atoms. The van der Waals surface area contributed by atoms with Crippen molar-refractivity contribution in [1.29, 1.82) is 0 Å². The Morgan fingerprint density at radius 3 is 2.95 bits per heavy atom. The molecule has 0 bridgehead atoms. The third kappa shape index (κ3) is 3.08. The fraction of sp³-hybridized carbons (Fsp3) is 0.714. The first-order valence-electron chi connectivity index (χ1n) is 7.08. The molecule has 0 spiro atoms. The first-order chi connectivity index (χ1) is 9.17. The van der Waals surface area contributed by atoms with Gasteiger partial charge < -0.3 is 9.64 Å². The van der Waals surface area contributed by atoms with Gasteiger partial charge in [0.2, 0.25) is 0 Å². The highest BCUT2D eigenvalue weighted by atomic mass is 32.1. The van der Waals surface area contributed by atoms with Crippen molar-refractivity contribution in [2.45, 2.75) is 52.5 Å². The largest absolute Gasteiger partial charge is 0.461 e. The molecule has 0 saturated carbocycles. The van der Waals surface area contributed by atoms with Crippen molar-refractivity contribution in [2.24, 2.45) is 0 Å². The van der Waals surface area contributed by atoms with E-state index in [9.17, 15) is 4.79 Å². The number of carbonyl (C=O) groups is 1. The third-order valence-corrected chi connectivity index (χ3v) is 4.61. The Morgan fingerprint density at radius 2 is 2.26 bits per heavy atom. The van der Waals surface area contributed by atoms with Gasteiger partial charge in [-0.05, 0) is 39.5 Å². The summed E-state index contributed by atoms with van der Waals surface area (Å²) in [6.07, 6.45) is 4.87. The molecule has 2 rings (SSSR count). The van der Waals surface area contributed by atoms with Crippen LogP contribution < -0.4 is 4.90 Å². The van der Waals surface area contributed by atoms with E-state index >= 15 is 0 Å². The molecule has 0 radical (unpaired) electrons. The minimum absolute atomic E-state index is 0.299. The number of hydrogen-bond acceptors (Lipinski definition) is 5. The first kappa shape index (κ1) is 14.3. The molecule has 1 unspecified atom stereocenters. The number of ether oxygens (including phenoxy) is 1. The van der Waals surface area contributed by atoms with Crippen LogP contribution >= 0.6 is 11.3 Å². The Morgan fingerprint density at radius 1 is 1.47 bits per heavy atom. The smallest absolute Gasteiger partial charge is 0.358 e. The number of piperidine rings is 1. The molecular weight excluding hydrogens is 260 g/mol. The molecule has 1 aliphatic heterocycles. The predicted octanol–water partition coefficient (Wildman–Crippen LogP) is 3.40. The van der Waals surface area contributed by atoms with Gasteiger partial charge in [-0.3, -0.25) is 0 Å². The summed E-state index contributed by atoms with van der Waals surface area (Å²) in [5.74, 6) is -0.299. The van der Waals surface area contributed by atoms with Gasteiger partial charge in [-0.25, -0.2) is 9.78 Å². The van der Waals surface area contributed by atoms with Crippen molar-refractivity contribution >= 4 is 22.4 Å². The Balaban J connectivity index is 2.20. The van der Waals surface area contributed by atoms with Crippen molar-refractivity contribution in [3.8, 4) is 0 Å². The molecule has 4 nitrogen and oxygen atoms in total. The average molecular weight is 282 g/mol. The fourth-order valence-corrected chi connectivity index (χ4v) is 3.57. The number of anilines is 1. The van der Waals surface area contributed by atoms with Gasteiger partial charge in [0.25, 0.3) is 0 Å². The summed E-state index contributed by atoms with van der Waals surface area (Å²) < 4.78 is 5.05. The minimum atomic E-state index is -0.299. The lowest BCUT2D eigenvalue weighted by Gasteiger charge is -2.34.